The Labute approximate surface area is 83.9 Å². The summed E-state index contributed by atoms with van der Waals surface area (Å²) >= 11 is 0. The zero-order valence-electron chi connectivity index (χ0n) is 8.95. The molecule has 0 atom stereocenters. The molecule has 0 bridgehead atoms. The summed E-state index contributed by atoms with van der Waals surface area (Å²) in [5.74, 6) is 0. The van der Waals surface area contributed by atoms with Gasteiger partial charge in [-0.3, -0.25) is 4.79 Å². The Balaban J connectivity index is 3.23. The third kappa shape index (κ3) is 1.73. The molecule has 2 N–H and O–H groups in total. The van der Waals surface area contributed by atoms with Crippen molar-refractivity contribution in [3.63, 3.8) is 0 Å². The summed E-state index contributed by atoms with van der Waals surface area (Å²) in [5.41, 5.74) is 6.79. The largest absolute Gasteiger partial charge is 0.393 e. The standard InChI is InChI=1S/C10H17N3O/c1-4-13(5-2)8-6-7-12(3)10(14)9(8)11/h6-7H,4-5,11H2,1-3H3. The number of pyridine rings is 1. The van der Waals surface area contributed by atoms with E-state index in [-0.39, 0.29) is 5.56 Å². The lowest BCUT2D eigenvalue weighted by molar-refractivity contribution is 0.834. The first-order valence-corrected chi connectivity index (χ1v) is 4.81. The highest BCUT2D eigenvalue weighted by Crippen LogP contribution is 2.17. The van der Waals surface area contributed by atoms with Gasteiger partial charge >= 0.3 is 0 Å². The molecule has 4 nitrogen and oxygen atoms in total. The van der Waals surface area contributed by atoms with Gasteiger partial charge in [0, 0.05) is 26.3 Å². The molecular formula is C10H17N3O. The van der Waals surface area contributed by atoms with E-state index in [0.717, 1.165) is 18.8 Å². The Morgan fingerprint density at radius 1 is 1.43 bits per heavy atom. The molecule has 0 aromatic carbocycles. The average molecular weight is 195 g/mol. The molecule has 1 rings (SSSR count). The molecule has 0 aliphatic heterocycles. The average Bonchev–Trinajstić information content (AvgIpc) is 2.19. The van der Waals surface area contributed by atoms with E-state index in [0.29, 0.717) is 5.69 Å². The number of hydrogen-bond donors (Lipinski definition) is 1. The molecule has 0 radical (unpaired) electrons. The molecule has 78 valence electrons. The molecule has 0 saturated heterocycles. The minimum absolute atomic E-state index is 0.130. The fourth-order valence-electron chi connectivity index (χ4n) is 1.48. The number of aryl methyl sites for hydroxylation is 1. The van der Waals surface area contributed by atoms with Crippen LogP contribution < -0.4 is 16.2 Å². The zero-order valence-corrected chi connectivity index (χ0v) is 8.95. The minimum atomic E-state index is -0.130. The van der Waals surface area contributed by atoms with E-state index in [1.165, 1.54) is 4.57 Å². The van der Waals surface area contributed by atoms with E-state index in [1.807, 2.05) is 19.9 Å². The van der Waals surface area contributed by atoms with E-state index in [9.17, 15) is 4.79 Å². The van der Waals surface area contributed by atoms with Crippen LogP contribution in [0.5, 0.6) is 0 Å². The van der Waals surface area contributed by atoms with Crippen molar-refractivity contribution in [3.05, 3.63) is 22.6 Å². The van der Waals surface area contributed by atoms with Crippen molar-refractivity contribution in [1.82, 2.24) is 4.57 Å². The van der Waals surface area contributed by atoms with Crippen LogP contribution in [0.25, 0.3) is 0 Å². The second-order valence-electron chi connectivity index (χ2n) is 3.20. The maximum absolute atomic E-state index is 11.5. The molecule has 1 heterocycles. The fourth-order valence-corrected chi connectivity index (χ4v) is 1.48. The van der Waals surface area contributed by atoms with Crippen molar-refractivity contribution in [2.45, 2.75) is 13.8 Å². The second-order valence-corrected chi connectivity index (χ2v) is 3.20. The molecule has 0 aliphatic carbocycles. The van der Waals surface area contributed by atoms with Crippen molar-refractivity contribution >= 4 is 11.4 Å². The van der Waals surface area contributed by atoms with E-state index in [2.05, 4.69) is 4.90 Å². The molecule has 0 fully saturated rings. The summed E-state index contributed by atoms with van der Waals surface area (Å²) in [5, 5.41) is 0. The molecule has 1 aromatic heterocycles. The molecule has 0 unspecified atom stereocenters. The first-order chi connectivity index (χ1) is 6.61. The summed E-state index contributed by atoms with van der Waals surface area (Å²) in [6, 6.07) is 1.88. The quantitative estimate of drug-likeness (QED) is 0.776. The first kappa shape index (κ1) is 10.6. The summed E-state index contributed by atoms with van der Waals surface area (Å²) < 4.78 is 1.49. The molecule has 14 heavy (non-hydrogen) atoms. The molecule has 4 heteroatoms. The number of aromatic nitrogens is 1. The van der Waals surface area contributed by atoms with Crippen molar-refractivity contribution in [1.29, 1.82) is 0 Å². The molecule has 1 aromatic rings. The van der Waals surface area contributed by atoms with Gasteiger partial charge in [-0.05, 0) is 19.9 Å². The third-order valence-electron chi connectivity index (χ3n) is 2.39. The van der Waals surface area contributed by atoms with Crippen LogP contribution in [0.3, 0.4) is 0 Å². The SMILES string of the molecule is CCN(CC)c1ccn(C)c(=O)c1N. The van der Waals surface area contributed by atoms with E-state index < -0.39 is 0 Å². The van der Waals surface area contributed by atoms with E-state index in [4.69, 9.17) is 5.73 Å². The predicted molar refractivity (Wildman–Crippen MR) is 59.7 cm³/mol. The first-order valence-electron chi connectivity index (χ1n) is 4.81. The maximum Gasteiger partial charge on any atom is 0.275 e. The van der Waals surface area contributed by atoms with Gasteiger partial charge in [0.05, 0.1) is 5.69 Å². The summed E-state index contributed by atoms with van der Waals surface area (Å²) in [4.78, 5) is 13.6. The van der Waals surface area contributed by atoms with Gasteiger partial charge in [0.2, 0.25) is 0 Å². The van der Waals surface area contributed by atoms with Gasteiger partial charge in [-0.2, -0.15) is 0 Å². The Morgan fingerprint density at radius 2 is 2.00 bits per heavy atom. The van der Waals surface area contributed by atoms with Gasteiger partial charge < -0.3 is 15.2 Å². The lowest BCUT2D eigenvalue weighted by Crippen LogP contribution is -2.28. The fraction of sp³-hybridized carbons (Fsp3) is 0.500. The van der Waals surface area contributed by atoms with Crippen molar-refractivity contribution in [2.24, 2.45) is 7.05 Å². The summed E-state index contributed by atoms with van der Waals surface area (Å²) in [6.07, 6.45) is 1.74. The molecular weight excluding hydrogens is 178 g/mol. The third-order valence-corrected chi connectivity index (χ3v) is 2.39. The summed E-state index contributed by atoms with van der Waals surface area (Å²) in [7, 11) is 1.70. The van der Waals surface area contributed by atoms with E-state index in [1.54, 1.807) is 13.2 Å². The van der Waals surface area contributed by atoms with Crippen LogP contribution in [0.4, 0.5) is 11.4 Å². The molecule has 0 aliphatic rings. The van der Waals surface area contributed by atoms with Crippen LogP contribution >= 0.6 is 0 Å². The van der Waals surface area contributed by atoms with Crippen molar-refractivity contribution < 1.29 is 0 Å². The van der Waals surface area contributed by atoms with Gasteiger partial charge in [-0.1, -0.05) is 0 Å². The van der Waals surface area contributed by atoms with Crippen LogP contribution in [-0.4, -0.2) is 17.7 Å². The number of rotatable bonds is 3. The Hall–Kier alpha value is -1.45. The lowest BCUT2D eigenvalue weighted by atomic mass is 10.3. The zero-order chi connectivity index (χ0) is 10.7. The number of anilines is 2. The highest BCUT2D eigenvalue weighted by Gasteiger charge is 2.09. The van der Waals surface area contributed by atoms with Gasteiger partial charge in [0.1, 0.15) is 5.69 Å². The van der Waals surface area contributed by atoms with E-state index >= 15 is 0 Å². The second kappa shape index (κ2) is 4.17. The highest BCUT2D eigenvalue weighted by molar-refractivity contribution is 5.65. The van der Waals surface area contributed by atoms with Gasteiger partial charge in [-0.25, -0.2) is 0 Å². The van der Waals surface area contributed by atoms with Crippen LogP contribution in [0.1, 0.15) is 13.8 Å². The normalized spacial score (nSPS) is 10.2. The smallest absolute Gasteiger partial charge is 0.275 e. The van der Waals surface area contributed by atoms with Crippen LogP contribution in [0.15, 0.2) is 17.1 Å². The minimum Gasteiger partial charge on any atom is -0.393 e. The molecule has 0 saturated carbocycles. The van der Waals surface area contributed by atoms with Crippen molar-refractivity contribution in [3.8, 4) is 0 Å². The van der Waals surface area contributed by atoms with Gasteiger partial charge in [-0.15, -0.1) is 0 Å². The number of nitrogens with zero attached hydrogens (tertiary/aromatic N) is 2. The Kier molecular flexibility index (Phi) is 3.17. The number of nitrogen functional groups attached to an aromatic ring is 1. The Morgan fingerprint density at radius 3 is 2.50 bits per heavy atom. The van der Waals surface area contributed by atoms with Crippen LogP contribution in [0, 0.1) is 0 Å². The summed E-state index contributed by atoms with van der Waals surface area (Å²) in [6.45, 7) is 5.79. The topological polar surface area (TPSA) is 51.3 Å². The Bertz CT molecular complexity index is 366. The van der Waals surface area contributed by atoms with Crippen molar-refractivity contribution in [2.75, 3.05) is 23.7 Å². The van der Waals surface area contributed by atoms with Gasteiger partial charge in [0.15, 0.2) is 0 Å². The predicted octanol–water partition coefficient (Wildman–Crippen LogP) is 0.814. The molecule has 0 amide bonds. The van der Waals surface area contributed by atoms with Gasteiger partial charge in [0.25, 0.3) is 5.56 Å². The lowest BCUT2D eigenvalue weighted by Gasteiger charge is -2.22. The maximum atomic E-state index is 11.5. The monoisotopic (exact) mass is 195 g/mol. The molecule has 0 spiro atoms. The van der Waals surface area contributed by atoms with Crippen LogP contribution in [-0.2, 0) is 7.05 Å². The highest BCUT2D eigenvalue weighted by atomic mass is 16.1. The van der Waals surface area contributed by atoms with Crippen LogP contribution in [0.2, 0.25) is 0 Å². The number of hydrogen-bond acceptors (Lipinski definition) is 3. The number of nitrogens with two attached hydrogens (primary N) is 1.